The van der Waals surface area contributed by atoms with Crippen LogP contribution in [-0.4, -0.2) is 36.5 Å². The molecular weight excluding hydrogens is 410 g/mol. The molecule has 1 amide bonds. The minimum Gasteiger partial charge on any atom is -0.334 e. The van der Waals surface area contributed by atoms with Crippen molar-refractivity contribution in [3.8, 4) is 0 Å². The van der Waals surface area contributed by atoms with Gasteiger partial charge in [0.2, 0.25) is 0 Å². The van der Waals surface area contributed by atoms with E-state index in [4.69, 9.17) is 11.6 Å². The van der Waals surface area contributed by atoms with Crippen molar-refractivity contribution in [2.45, 2.75) is 25.8 Å². The van der Waals surface area contributed by atoms with Crippen LogP contribution >= 0.6 is 46.6 Å². The van der Waals surface area contributed by atoms with E-state index < -0.39 is 0 Å². The fourth-order valence-corrected chi connectivity index (χ4v) is 3.35. The Hall–Kier alpha value is -0.0400. The highest BCUT2D eigenvalue weighted by Crippen LogP contribution is 2.22. The van der Waals surface area contributed by atoms with Gasteiger partial charge in [0.1, 0.15) is 0 Å². The van der Waals surface area contributed by atoms with E-state index in [1.807, 2.05) is 23.1 Å². The number of hydrogen-bond donors (Lipinski definition) is 1. The SMILES string of the molecule is CCCN(C(=O)c1ccc(I)cc1Cl)C1CCNC1.Cl. The van der Waals surface area contributed by atoms with E-state index in [1.54, 1.807) is 0 Å². The summed E-state index contributed by atoms with van der Waals surface area (Å²) in [5.74, 6) is 0.0527. The lowest BCUT2D eigenvalue weighted by Gasteiger charge is -2.28. The van der Waals surface area contributed by atoms with Gasteiger partial charge >= 0.3 is 0 Å². The van der Waals surface area contributed by atoms with Crippen LogP contribution in [0.4, 0.5) is 0 Å². The van der Waals surface area contributed by atoms with Gasteiger partial charge in [-0.3, -0.25) is 4.79 Å². The Bertz CT molecular complexity index is 464. The van der Waals surface area contributed by atoms with Crippen molar-refractivity contribution in [3.63, 3.8) is 0 Å². The first kappa shape index (κ1) is 18.0. The van der Waals surface area contributed by atoms with Crippen molar-refractivity contribution in [2.75, 3.05) is 19.6 Å². The van der Waals surface area contributed by atoms with Crippen LogP contribution in [0, 0.1) is 3.57 Å². The predicted molar refractivity (Wildman–Crippen MR) is 94.0 cm³/mol. The number of amides is 1. The molecule has 1 heterocycles. The van der Waals surface area contributed by atoms with E-state index >= 15 is 0 Å². The number of carbonyl (C=O) groups is 1. The van der Waals surface area contributed by atoms with Crippen molar-refractivity contribution < 1.29 is 4.79 Å². The molecule has 112 valence electrons. The number of rotatable bonds is 4. The van der Waals surface area contributed by atoms with E-state index in [0.717, 1.165) is 36.0 Å². The summed E-state index contributed by atoms with van der Waals surface area (Å²) in [5.41, 5.74) is 0.613. The van der Waals surface area contributed by atoms with Gasteiger partial charge in [0.05, 0.1) is 10.6 Å². The fraction of sp³-hybridized carbons (Fsp3) is 0.500. The summed E-state index contributed by atoms with van der Waals surface area (Å²) in [6.07, 6.45) is 1.98. The highest BCUT2D eigenvalue weighted by Gasteiger charge is 2.27. The maximum absolute atomic E-state index is 12.7. The van der Waals surface area contributed by atoms with Gasteiger partial charge in [-0.15, -0.1) is 12.4 Å². The third kappa shape index (κ3) is 4.23. The van der Waals surface area contributed by atoms with Crippen LogP contribution in [0.15, 0.2) is 18.2 Å². The van der Waals surface area contributed by atoms with Crippen molar-refractivity contribution in [1.29, 1.82) is 0 Å². The van der Waals surface area contributed by atoms with Crippen LogP contribution in [0.1, 0.15) is 30.1 Å². The van der Waals surface area contributed by atoms with E-state index in [1.165, 1.54) is 0 Å². The molecule has 1 aromatic carbocycles. The van der Waals surface area contributed by atoms with Crippen LogP contribution in [0.25, 0.3) is 0 Å². The summed E-state index contributed by atoms with van der Waals surface area (Å²) < 4.78 is 1.05. The van der Waals surface area contributed by atoms with Gasteiger partial charge in [-0.2, -0.15) is 0 Å². The van der Waals surface area contributed by atoms with Crippen LogP contribution in [0.3, 0.4) is 0 Å². The zero-order valence-corrected chi connectivity index (χ0v) is 15.1. The second-order valence-corrected chi connectivity index (χ2v) is 6.42. The summed E-state index contributed by atoms with van der Waals surface area (Å²) in [6, 6.07) is 5.89. The number of hydrogen-bond acceptors (Lipinski definition) is 2. The first-order valence-electron chi connectivity index (χ1n) is 6.60. The smallest absolute Gasteiger partial charge is 0.255 e. The molecule has 1 unspecified atom stereocenters. The number of benzene rings is 1. The van der Waals surface area contributed by atoms with Crippen LogP contribution in [-0.2, 0) is 0 Å². The summed E-state index contributed by atoms with van der Waals surface area (Å²) in [4.78, 5) is 14.6. The van der Waals surface area contributed by atoms with Gasteiger partial charge in [-0.05, 0) is 60.2 Å². The first-order valence-corrected chi connectivity index (χ1v) is 8.06. The minimum atomic E-state index is 0. The Morgan fingerprint density at radius 1 is 1.55 bits per heavy atom. The Morgan fingerprint density at radius 2 is 2.30 bits per heavy atom. The highest BCUT2D eigenvalue weighted by atomic mass is 127. The predicted octanol–water partition coefficient (Wildman–Crippen LogP) is 3.58. The van der Waals surface area contributed by atoms with E-state index in [2.05, 4.69) is 34.8 Å². The minimum absolute atomic E-state index is 0. The summed E-state index contributed by atoms with van der Waals surface area (Å²) >= 11 is 8.41. The monoisotopic (exact) mass is 428 g/mol. The molecule has 0 saturated carbocycles. The molecule has 3 nitrogen and oxygen atoms in total. The van der Waals surface area contributed by atoms with E-state index in [-0.39, 0.29) is 18.3 Å². The summed E-state index contributed by atoms with van der Waals surface area (Å²) in [7, 11) is 0. The lowest BCUT2D eigenvalue weighted by atomic mass is 10.1. The molecule has 6 heteroatoms. The summed E-state index contributed by atoms with van der Waals surface area (Å²) in [6.45, 7) is 4.75. The molecule has 1 aliphatic rings. The van der Waals surface area contributed by atoms with Crippen molar-refractivity contribution in [1.82, 2.24) is 10.2 Å². The van der Waals surface area contributed by atoms with Gasteiger partial charge < -0.3 is 10.2 Å². The second kappa shape index (κ2) is 8.41. The number of carbonyl (C=O) groups excluding carboxylic acids is 1. The summed E-state index contributed by atoms with van der Waals surface area (Å²) in [5, 5.41) is 3.86. The first-order chi connectivity index (χ1) is 9.13. The lowest BCUT2D eigenvalue weighted by Crippen LogP contribution is -2.42. The van der Waals surface area contributed by atoms with Crippen molar-refractivity contribution in [2.24, 2.45) is 0 Å². The lowest BCUT2D eigenvalue weighted by molar-refractivity contribution is 0.0692. The standard InChI is InChI=1S/C14H18ClIN2O.ClH/c1-2-7-18(11-5-6-17-9-11)14(19)12-4-3-10(16)8-13(12)15;/h3-4,8,11,17H,2,5-7,9H2,1H3;1H. The molecule has 20 heavy (non-hydrogen) atoms. The second-order valence-electron chi connectivity index (χ2n) is 4.77. The maximum Gasteiger partial charge on any atom is 0.255 e. The topological polar surface area (TPSA) is 32.3 Å². The highest BCUT2D eigenvalue weighted by molar-refractivity contribution is 14.1. The molecule has 1 aromatic rings. The van der Waals surface area contributed by atoms with Gasteiger partial charge in [0, 0.05) is 22.7 Å². The van der Waals surface area contributed by atoms with E-state index in [0.29, 0.717) is 16.6 Å². The molecule has 0 aromatic heterocycles. The number of nitrogens with zero attached hydrogens (tertiary/aromatic N) is 1. The average Bonchev–Trinajstić information content (AvgIpc) is 2.89. The number of nitrogens with one attached hydrogen (secondary N) is 1. The van der Waals surface area contributed by atoms with Crippen LogP contribution < -0.4 is 5.32 Å². The van der Waals surface area contributed by atoms with Gasteiger partial charge in [0.15, 0.2) is 0 Å². The average molecular weight is 429 g/mol. The Kier molecular flexibility index (Phi) is 7.58. The Labute approximate surface area is 145 Å². The van der Waals surface area contributed by atoms with Gasteiger partial charge in [-0.25, -0.2) is 0 Å². The molecule has 0 radical (unpaired) electrons. The molecule has 0 aliphatic carbocycles. The maximum atomic E-state index is 12.7. The molecule has 0 bridgehead atoms. The van der Waals surface area contributed by atoms with Crippen molar-refractivity contribution >= 4 is 52.5 Å². The zero-order chi connectivity index (χ0) is 13.8. The molecular formula is C14H19Cl2IN2O. The molecule has 2 rings (SSSR count). The molecule has 1 fully saturated rings. The van der Waals surface area contributed by atoms with Gasteiger partial charge in [0.25, 0.3) is 5.91 Å². The third-order valence-electron chi connectivity index (χ3n) is 3.36. The number of halogens is 3. The Morgan fingerprint density at radius 3 is 2.85 bits per heavy atom. The quantitative estimate of drug-likeness (QED) is 0.743. The molecule has 1 aliphatic heterocycles. The zero-order valence-electron chi connectivity index (χ0n) is 11.4. The molecule has 1 N–H and O–H groups in total. The molecule has 1 saturated heterocycles. The van der Waals surface area contributed by atoms with E-state index in [9.17, 15) is 4.79 Å². The van der Waals surface area contributed by atoms with Crippen molar-refractivity contribution in [3.05, 3.63) is 32.4 Å². The molecule has 1 atom stereocenters. The fourth-order valence-electron chi connectivity index (χ4n) is 2.41. The van der Waals surface area contributed by atoms with Crippen LogP contribution in [0.2, 0.25) is 5.02 Å². The van der Waals surface area contributed by atoms with Gasteiger partial charge in [-0.1, -0.05) is 18.5 Å². The third-order valence-corrected chi connectivity index (χ3v) is 4.35. The normalized spacial score (nSPS) is 17.6. The molecule has 0 spiro atoms. The van der Waals surface area contributed by atoms with Crippen LogP contribution in [0.5, 0.6) is 0 Å². The Balaban J connectivity index is 0.00000200. The largest absolute Gasteiger partial charge is 0.334 e.